The first-order valence-electron chi connectivity index (χ1n) is 28.8. The van der Waals surface area contributed by atoms with Crippen LogP contribution in [-0.2, 0) is 28.6 Å². The van der Waals surface area contributed by atoms with E-state index in [0.717, 1.165) is 70.6 Å². The third-order valence-electron chi connectivity index (χ3n) is 12.5. The van der Waals surface area contributed by atoms with Gasteiger partial charge < -0.3 is 14.2 Å². The summed E-state index contributed by atoms with van der Waals surface area (Å²) < 4.78 is 16.8. The highest BCUT2D eigenvalue weighted by Crippen LogP contribution is 2.15. The normalized spacial score (nSPS) is 12.5. The number of hydrogen-bond donors (Lipinski definition) is 0. The molecule has 0 fully saturated rings. The lowest BCUT2D eigenvalue weighted by Gasteiger charge is -2.18. The summed E-state index contributed by atoms with van der Waals surface area (Å²) in [6.07, 6.45) is 69.3. The van der Waals surface area contributed by atoms with Gasteiger partial charge in [0, 0.05) is 19.3 Å². The van der Waals surface area contributed by atoms with Crippen molar-refractivity contribution in [1.82, 2.24) is 0 Å². The minimum Gasteiger partial charge on any atom is -0.462 e. The molecule has 1 atom stereocenters. The Labute approximate surface area is 415 Å². The van der Waals surface area contributed by atoms with Crippen LogP contribution in [0, 0.1) is 0 Å². The molecule has 0 spiro atoms. The van der Waals surface area contributed by atoms with E-state index in [2.05, 4.69) is 81.5 Å². The number of rotatable bonds is 52. The molecule has 0 aliphatic rings. The number of carbonyl (C=O) groups excluding carboxylic acids is 3. The molecule has 0 aliphatic carbocycles. The lowest BCUT2D eigenvalue weighted by atomic mass is 10.0. The Kier molecular flexibility index (Phi) is 53.3. The molecular formula is C61H108O6. The van der Waals surface area contributed by atoms with E-state index in [0.29, 0.717) is 19.3 Å². The Balaban J connectivity index is 4.45. The molecule has 1 unspecified atom stereocenters. The van der Waals surface area contributed by atoms with Gasteiger partial charge in [-0.3, -0.25) is 14.4 Å². The third-order valence-corrected chi connectivity index (χ3v) is 12.5. The topological polar surface area (TPSA) is 78.9 Å². The van der Waals surface area contributed by atoms with E-state index in [1.54, 1.807) is 0 Å². The number of allylic oxidation sites excluding steroid dienone is 10. The van der Waals surface area contributed by atoms with Gasteiger partial charge in [-0.15, -0.1) is 0 Å². The zero-order chi connectivity index (χ0) is 48.6. The van der Waals surface area contributed by atoms with Gasteiger partial charge in [-0.1, -0.05) is 248 Å². The van der Waals surface area contributed by atoms with Gasteiger partial charge in [0.2, 0.25) is 0 Å². The second-order valence-electron chi connectivity index (χ2n) is 19.2. The average molecular weight is 938 g/mol. The Morgan fingerprint density at radius 2 is 0.552 bits per heavy atom. The minimum absolute atomic E-state index is 0.0960. The summed E-state index contributed by atoms with van der Waals surface area (Å²) >= 11 is 0. The van der Waals surface area contributed by atoms with Crippen molar-refractivity contribution in [3.63, 3.8) is 0 Å². The number of esters is 3. The van der Waals surface area contributed by atoms with E-state index in [1.807, 2.05) is 0 Å². The second-order valence-corrected chi connectivity index (χ2v) is 19.2. The van der Waals surface area contributed by atoms with Gasteiger partial charge in [-0.05, 0) is 83.5 Å². The lowest BCUT2D eigenvalue weighted by molar-refractivity contribution is -0.167. The Morgan fingerprint density at radius 3 is 0.925 bits per heavy atom. The SMILES string of the molecule is CCCCC/C=C\C/C=C\C/C=C\C/C=C\CCCC(=O)OC(COC(=O)CCCCCCC/C=C\CCCCCCCCCCC)COC(=O)CCCCCCCCCCCCCCCC. The molecule has 0 aromatic heterocycles. The largest absolute Gasteiger partial charge is 0.462 e. The van der Waals surface area contributed by atoms with E-state index < -0.39 is 6.10 Å². The van der Waals surface area contributed by atoms with Crippen LogP contribution in [0.5, 0.6) is 0 Å². The average Bonchev–Trinajstić information content (AvgIpc) is 3.33. The molecule has 0 aromatic rings. The standard InChI is InChI=1S/C61H108O6/c1-4-7-10-13-16-19-22-25-28-30-32-33-36-39-42-45-48-51-54-60(63)66-57-58(56-65-59(62)53-50-47-44-41-38-35-27-24-21-18-15-12-9-6-3)67-61(64)55-52-49-46-43-40-37-34-31-29-26-23-20-17-14-11-8-5-2/h17,20,26,29,32-34,37,43,46,58H,4-16,18-19,21-25,27-28,30-31,35-36,38-42,44-45,47-57H2,1-3H3/b20-17-,29-26-,33-32-,37-34-,46-43-. The van der Waals surface area contributed by atoms with Crippen molar-refractivity contribution < 1.29 is 28.6 Å². The quantitative estimate of drug-likeness (QED) is 0.0262. The molecule has 0 saturated carbocycles. The molecule has 0 saturated heterocycles. The monoisotopic (exact) mass is 937 g/mol. The highest BCUT2D eigenvalue weighted by Gasteiger charge is 2.19. The Morgan fingerprint density at radius 1 is 0.299 bits per heavy atom. The highest BCUT2D eigenvalue weighted by molar-refractivity contribution is 5.71. The van der Waals surface area contributed by atoms with Crippen LogP contribution in [-0.4, -0.2) is 37.2 Å². The van der Waals surface area contributed by atoms with Gasteiger partial charge in [-0.25, -0.2) is 0 Å². The Hall–Kier alpha value is -2.89. The Bertz CT molecular complexity index is 1210. The molecule has 6 nitrogen and oxygen atoms in total. The first-order chi connectivity index (χ1) is 33.0. The second kappa shape index (κ2) is 55.7. The molecule has 0 N–H and O–H groups in total. The van der Waals surface area contributed by atoms with Crippen molar-refractivity contribution in [2.24, 2.45) is 0 Å². The van der Waals surface area contributed by atoms with Gasteiger partial charge in [0.25, 0.3) is 0 Å². The van der Waals surface area contributed by atoms with Crippen molar-refractivity contribution in [3.05, 3.63) is 60.8 Å². The molecule has 0 rings (SSSR count). The smallest absolute Gasteiger partial charge is 0.306 e. The van der Waals surface area contributed by atoms with E-state index in [9.17, 15) is 14.4 Å². The molecule has 0 aliphatic heterocycles. The zero-order valence-corrected chi connectivity index (χ0v) is 44.4. The van der Waals surface area contributed by atoms with E-state index in [-0.39, 0.29) is 37.5 Å². The maximum Gasteiger partial charge on any atom is 0.306 e. The summed E-state index contributed by atoms with van der Waals surface area (Å²) in [4.78, 5) is 38.1. The van der Waals surface area contributed by atoms with Crippen LogP contribution in [0.4, 0.5) is 0 Å². The maximum absolute atomic E-state index is 12.8. The van der Waals surface area contributed by atoms with Crippen molar-refractivity contribution in [2.45, 2.75) is 297 Å². The molecule has 388 valence electrons. The summed E-state index contributed by atoms with van der Waals surface area (Å²) in [6, 6.07) is 0. The van der Waals surface area contributed by atoms with Crippen molar-refractivity contribution in [3.8, 4) is 0 Å². The van der Waals surface area contributed by atoms with Crippen LogP contribution in [0.3, 0.4) is 0 Å². The number of hydrogen-bond acceptors (Lipinski definition) is 6. The van der Waals surface area contributed by atoms with Crippen molar-refractivity contribution in [1.29, 1.82) is 0 Å². The summed E-state index contributed by atoms with van der Waals surface area (Å²) in [5.74, 6) is -0.950. The molecular weight excluding hydrogens is 829 g/mol. The fraction of sp³-hybridized carbons (Fsp3) is 0.787. The van der Waals surface area contributed by atoms with Crippen LogP contribution in [0.25, 0.3) is 0 Å². The third kappa shape index (κ3) is 53.9. The molecule has 6 heteroatoms. The number of ether oxygens (including phenoxy) is 3. The van der Waals surface area contributed by atoms with Gasteiger partial charge in [0.1, 0.15) is 13.2 Å². The first kappa shape index (κ1) is 64.1. The predicted molar refractivity (Wildman–Crippen MR) is 288 cm³/mol. The van der Waals surface area contributed by atoms with E-state index in [4.69, 9.17) is 14.2 Å². The lowest BCUT2D eigenvalue weighted by Crippen LogP contribution is -2.30. The van der Waals surface area contributed by atoms with Gasteiger partial charge in [0.05, 0.1) is 0 Å². The highest BCUT2D eigenvalue weighted by atomic mass is 16.6. The van der Waals surface area contributed by atoms with Crippen molar-refractivity contribution in [2.75, 3.05) is 13.2 Å². The first-order valence-corrected chi connectivity index (χ1v) is 28.8. The maximum atomic E-state index is 12.8. The zero-order valence-electron chi connectivity index (χ0n) is 44.4. The van der Waals surface area contributed by atoms with Crippen LogP contribution in [0.1, 0.15) is 290 Å². The van der Waals surface area contributed by atoms with Gasteiger partial charge >= 0.3 is 17.9 Å². The fourth-order valence-electron chi connectivity index (χ4n) is 8.14. The van der Waals surface area contributed by atoms with Crippen LogP contribution < -0.4 is 0 Å². The summed E-state index contributed by atoms with van der Waals surface area (Å²) in [6.45, 7) is 6.59. The molecule has 0 bridgehead atoms. The van der Waals surface area contributed by atoms with Crippen LogP contribution in [0.2, 0.25) is 0 Å². The van der Waals surface area contributed by atoms with Gasteiger partial charge in [-0.2, -0.15) is 0 Å². The summed E-state index contributed by atoms with van der Waals surface area (Å²) in [5.41, 5.74) is 0. The molecule has 0 amide bonds. The summed E-state index contributed by atoms with van der Waals surface area (Å²) in [5, 5.41) is 0. The molecule has 0 radical (unpaired) electrons. The minimum atomic E-state index is -0.804. The van der Waals surface area contributed by atoms with E-state index >= 15 is 0 Å². The van der Waals surface area contributed by atoms with Crippen LogP contribution >= 0.6 is 0 Å². The fourth-order valence-corrected chi connectivity index (χ4v) is 8.14. The van der Waals surface area contributed by atoms with Crippen molar-refractivity contribution >= 4 is 17.9 Å². The molecule has 67 heavy (non-hydrogen) atoms. The predicted octanol–water partition coefficient (Wildman–Crippen LogP) is 19.2. The number of unbranched alkanes of at least 4 members (excludes halogenated alkanes) is 31. The number of carbonyl (C=O) groups is 3. The molecule has 0 heterocycles. The van der Waals surface area contributed by atoms with E-state index in [1.165, 1.54) is 173 Å². The molecule has 0 aromatic carbocycles. The summed E-state index contributed by atoms with van der Waals surface area (Å²) in [7, 11) is 0. The van der Waals surface area contributed by atoms with Gasteiger partial charge in [0.15, 0.2) is 6.10 Å². The van der Waals surface area contributed by atoms with Crippen LogP contribution in [0.15, 0.2) is 60.8 Å².